The second-order valence-electron chi connectivity index (χ2n) is 8.24. The van der Waals surface area contributed by atoms with Crippen molar-refractivity contribution < 1.29 is 22.7 Å². The van der Waals surface area contributed by atoms with Gasteiger partial charge in [-0.3, -0.25) is 9.78 Å². The molecule has 2 heterocycles. The van der Waals surface area contributed by atoms with Gasteiger partial charge in [0.15, 0.2) is 11.6 Å². The van der Waals surface area contributed by atoms with E-state index < -0.39 is 17.7 Å². The highest BCUT2D eigenvalue weighted by Crippen LogP contribution is 2.29. The summed E-state index contributed by atoms with van der Waals surface area (Å²) >= 11 is 0. The maximum absolute atomic E-state index is 14.0. The molecule has 1 fully saturated rings. The van der Waals surface area contributed by atoms with Gasteiger partial charge in [0, 0.05) is 30.2 Å². The molecule has 178 valence electrons. The number of amides is 1. The van der Waals surface area contributed by atoms with Gasteiger partial charge in [0.05, 0.1) is 18.3 Å². The molecule has 0 bridgehead atoms. The summed E-state index contributed by atoms with van der Waals surface area (Å²) in [6.45, 7) is 1.57. The van der Waals surface area contributed by atoms with E-state index in [0.29, 0.717) is 5.69 Å². The zero-order chi connectivity index (χ0) is 23.9. The van der Waals surface area contributed by atoms with Crippen LogP contribution in [-0.2, 0) is 4.79 Å². The molecule has 1 saturated heterocycles. The van der Waals surface area contributed by atoms with E-state index in [9.17, 15) is 18.0 Å². The first-order valence-electron chi connectivity index (χ1n) is 11.3. The average molecular weight is 470 g/mol. The van der Waals surface area contributed by atoms with Crippen molar-refractivity contribution in [3.8, 4) is 16.9 Å². The number of halogens is 3. The van der Waals surface area contributed by atoms with E-state index in [1.165, 1.54) is 12.1 Å². The third-order valence-electron chi connectivity index (χ3n) is 5.91. The first-order chi connectivity index (χ1) is 16.5. The molecule has 1 amide bonds. The predicted molar refractivity (Wildman–Crippen MR) is 123 cm³/mol. The molecule has 0 radical (unpaired) electrons. The molecule has 1 aromatic heterocycles. The van der Waals surface area contributed by atoms with Crippen LogP contribution in [0.25, 0.3) is 11.1 Å². The van der Waals surface area contributed by atoms with Crippen LogP contribution in [0.2, 0.25) is 0 Å². The third kappa shape index (κ3) is 5.94. The lowest BCUT2D eigenvalue weighted by Crippen LogP contribution is -2.40. The number of rotatable bonds is 8. The largest absolute Gasteiger partial charge is 0.490 e. The number of nitrogens with zero attached hydrogens (tertiary/aromatic N) is 1. The summed E-state index contributed by atoms with van der Waals surface area (Å²) in [6.07, 6.45) is 3.37. The minimum atomic E-state index is -0.665. The van der Waals surface area contributed by atoms with Crippen molar-refractivity contribution in [2.24, 2.45) is 5.92 Å². The molecule has 8 heteroatoms. The van der Waals surface area contributed by atoms with E-state index in [1.54, 1.807) is 24.4 Å². The molecule has 3 aromatic rings. The first kappa shape index (κ1) is 23.8. The van der Waals surface area contributed by atoms with Crippen LogP contribution >= 0.6 is 0 Å². The zero-order valence-electron chi connectivity index (χ0n) is 18.6. The number of piperidine rings is 1. The van der Waals surface area contributed by atoms with Crippen LogP contribution in [0.4, 0.5) is 13.2 Å². The number of aromatic nitrogens is 1. The molecule has 0 unspecified atom stereocenters. The number of hydrogen-bond donors (Lipinski definition) is 2. The molecule has 0 spiro atoms. The molecule has 34 heavy (non-hydrogen) atoms. The molecule has 5 nitrogen and oxygen atoms in total. The summed E-state index contributed by atoms with van der Waals surface area (Å²) in [6, 6.07) is 12.1. The number of carbonyl (C=O) groups excluding carboxylic acids is 1. The van der Waals surface area contributed by atoms with E-state index in [0.717, 1.165) is 55.3 Å². The molecular formula is C26H26F3N3O2. The monoisotopic (exact) mass is 469 g/mol. The van der Waals surface area contributed by atoms with Crippen molar-refractivity contribution in [1.82, 2.24) is 15.6 Å². The fourth-order valence-electron chi connectivity index (χ4n) is 4.09. The minimum Gasteiger partial charge on any atom is -0.490 e. The molecular weight excluding hydrogens is 443 g/mol. The van der Waals surface area contributed by atoms with Gasteiger partial charge < -0.3 is 15.4 Å². The topological polar surface area (TPSA) is 63.2 Å². The van der Waals surface area contributed by atoms with Crippen LogP contribution in [0, 0.1) is 23.4 Å². The van der Waals surface area contributed by atoms with Gasteiger partial charge in [-0.05, 0) is 61.8 Å². The summed E-state index contributed by atoms with van der Waals surface area (Å²) in [5, 5.41) is 6.33. The van der Waals surface area contributed by atoms with Crippen LogP contribution in [0.3, 0.4) is 0 Å². The third-order valence-corrected chi connectivity index (χ3v) is 5.91. The van der Waals surface area contributed by atoms with Gasteiger partial charge in [0.2, 0.25) is 5.91 Å². The van der Waals surface area contributed by atoms with Crippen molar-refractivity contribution in [2.75, 3.05) is 19.7 Å². The number of benzene rings is 2. The SMILES string of the molecule is O=C(N[C@@H](CCOc1cc(F)ccc1F)c1ncccc1-c1ccc(F)cc1)C1CCNCC1. The van der Waals surface area contributed by atoms with Gasteiger partial charge in [-0.15, -0.1) is 0 Å². The van der Waals surface area contributed by atoms with Crippen molar-refractivity contribution in [3.05, 3.63) is 83.9 Å². The normalized spacial score (nSPS) is 15.0. The summed E-state index contributed by atoms with van der Waals surface area (Å²) in [7, 11) is 0. The van der Waals surface area contributed by atoms with Crippen LogP contribution < -0.4 is 15.4 Å². The van der Waals surface area contributed by atoms with Crippen LogP contribution in [0.15, 0.2) is 60.8 Å². The molecule has 0 aliphatic carbocycles. The number of ether oxygens (including phenoxy) is 1. The van der Waals surface area contributed by atoms with Crippen molar-refractivity contribution in [2.45, 2.75) is 25.3 Å². The molecule has 1 atom stereocenters. The summed E-state index contributed by atoms with van der Waals surface area (Å²) in [5.74, 6) is -2.02. The highest BCUT2D eigenvalue weighted by Gasteiger charge is 2.26. The van der Waals surface area contributed by atoms with Gasteiger partial charge in [0.1, 0.15) is 11.6 Å². The molecule has 1 aliphatic rings. The van der Waals surface area contributed by atoms with Crippen molar-refractivity contribution >= 4 is 5.91 Å². The highest BCUT2D eigenvalue weighted by molar-refractivity contribution is 5.79. The Labute approximate surface area is 196 Å². The van der Waals surface area contributed by atoms with Gasteiger partial charge in [-0.2, -0.15) is 0 Å². The van der Waals surface area contributed by atoms with Crippen LogP contribution in [0.5, 0.6) is 5.75 Å². The summed E-state index contributed by atoms with van der Waals surface area (Å²) in [5.41, 5.74) is 2.09. The Hall–Kier alpha value is -3.39. The van der Waals surface area contributed by atoms with Gasteiger partial charge in [-0.1, -0.05) is 18.2 Å². The molecule has 0 saturated carbocycles. The Morgan fingerprint density at radius 1 is 1.06 bits per heavy atom. The van der Waals surface area contributed by atoms with E-state index in [-0.39, 0.29) is 36.4 Å². The Morgan fingerprint density at radius 3 is 2.56 bits per heavy atom. The van der Waals surface area contributed by atoms with Crippen molar-refractivity contribution in [3.63, 3.8) is 0 Å². The quantitative estimate of drug-likeness (QED) is 0.498. The second kappa shape index (κ2) is 11.2. The lowest BCUT2D eigenvalue weighted by Gasteiger charge is -2.26. The van der Waals surface area contributed by atoms with Crippen LogP contribution in [-0.4, -0.2) is 30.6 Å². The van der Waals surface area contributed by atoms with E-state index in [4.69, 9.17) is 4.74 Å². The summed E-state index contributed by atoms with van der Waals surface area (Å²) < 4.78 is 46.5. The number of nitrogens with one attached hydrogen (secondary N) is 2. The highest BCUT2D eigenvalue weighted by atomic mass is 19.1. The lowest BCUT2D eigenvalue weighted by atomic mass is 9.94. The van der Waals surface area contributed by atoms with E-state index >= 15 is 0 Å². The maximum atomic E-state index is 14.0. The molecule has 1 aliphatic heterocycles. The van der Waals surface area contributed by atoms with Gasteiger partial charge in [-0.25, -0.2) is 13.2 Å². The van der Waals surface area contributed by atoms with Gasteiger partial charge in [0.25, 0.3) is 0 Å². The Morgan fingerprint density at radius 2 is 1.79 bits per heavy atom. The number of pyridine rings is 1. The number of carbonyl (C=O) groups is 1. The smallest absolute Gasteiger partial charge is 0.223 e. The van der Waals surface area contributed by atoms with E-state index in [2.05, 4.69) is 15.6 Å². The first-order valence-corrected chi connectivity index (χ1v) is 11.3. The second-order valence-corrected chi connectivity index (χ2v) is 8.24. The summed E-state index contributed by atoms with van der Waals surface area (Å²) in [4.78, 5) is 17.6. The fraction of sp³-hybridized carbons (Fsp3) is 0.308. The minimum absolute atomic E-state index is 0.0248. The molecule has 4 rings (SSSR count). The Balaban J connectivity index is 1.57. The molecule has 2 N–H and O–H groups in total. The van der Waals surface area contributed by atoms with Crippen molar-refractivity contribution in [1.29, 1.82) is 0 Å². The molecule has 2 aromatic carbocycles. The maximum Gasteiger partial charge on any atom is 0.223 e. The Bertz CT molecular complexity index is 1120. The number of hydrogen-bond acceptors (Lipinski definition) is 4. The predicted octanol–water partition coefficient (Wildman–Crippen LogP) is 4.79. The Kier molecular flexibility index (Phi) is 7.80. The average Bonchev–Trinajstić information content (AvgIpc) is 2.86. The van der Waals surface area contributed by atoms with E-state index in [1.807, 2.05) is 6.07 Å². The lowest BCUT2D eigenvalue weighted by molar-refractivity contribution is -0.126. The standard InChI is InChI=1S/C26H26F3N3O2/c27-19-5-3-17(4-6-19)21-2-1-12-31-25(21)23(32-26(33)18-9-13-30-14-10-18)11-15-34-24-16-20(28)7-8-22(24)29/h1-8,12,16,18,23,30H,9-11,13-15H2,(H,32,33)/t23-/m0/s1. The van der Waals surface area contributed by atoms with Gasteiger partial charge >= 0.3 is 0 Å². The van der Waals surface area contributed by atoms with Crippen LogP contribution in [0.1, 0.15) is 31.0 Å². The zero-order valence-corrected chi connectivity index (χ0v) is 18.6. The fourth-order valence-corrected chi connectivity index (χ4v) is 4.09.